The van der Waals surface area contributed by atoms with Crippen LogP contribution in [0.1, 0.15) is 19.4 Å². The number of ether oxygens (including phenoxy) is 2. The Hall–Kier alpha value is -3.36. The molecule has 0 radical (unpaired) electrons. The van der Waals surface area contributed by atoms with Crippen LogP contribution in [0.4, 0.5) is 0 Å². The van der Waals surface area contributed by atoms with Crippen LogP contribution in [-0.2, 0) is 24.0 Å². The number of esters is 1. The van der Waals surface area contributed by atoms with E-state index >= 15 is 0 Å². The number of para-hydroxylation sites is 1. The minimum Gasteiger partial charge on any atom is -0.470 e. The van der Waals surface area contributed by atoms with Crippen LogP contribution in [0, 0.1) is 0 Å². The topological polar surface area (TPSA) is 100 Å². The summed E-state index contributed by atoms with van der Waals surface area (Å²) < 4.78 is 10.9. The Morgan fingerprint density at radius 2 is 1.89 bits per heavy atom. The third kappa shape index (κ3) is 5.56. The summed E-state index contributed by atoms with van der Waals surface area (Å²) in [5, 5.41) is 11.6. The predicted octanol–water partition coefficient (Wildman–Crippen LogP) is 2.27. The first-order valence-electron chi connectivity index (χ1n) is 8.08. The van der Waals surface area contributed by atoms with E-state index in [1.165, 1.54) is 20.3 Å². The first-order chi connectivity index (χ1) is 13.1. The number of hydrogen-bond donors (Lipinski definition) is 0. The van der Waals surface area contributed by atoms with Gasteiger partial charge in [0.05, 0.1) is 11.3 Å². The Bertz CT molecular complexity index is 798. The number of rotatable bonds is 7. The Kier molecular flexibility index (Phi) is 7.36. The highest BCUT2D eigenvalue weighted by atomic mass is 16.7. The molecule has 1 aliphatic heterocycles. The van der Waals surface area contributed by atoms with Crippen LogP contribution in [0.15, 0.2) is 51.4 Å². The molecule has 9 nitrogen and oxygen atoms in total. The van der Waals surface area contributed by atoms with E-state index in [1.807, 2.05) is 0 Å². The summed E-state index contributed by atoms with van der Waals surface area (Å²) in [6.45, 7) is 4.11. The second kappa shape index (κ2) is 9.95. The highest BCUT2D eigenvalue weighted by Gasteiger charge is 2.23. The van der Waals surface area contributed by atoms with Crippen LogP contribution in [0.5, 0.6) is 5.75 Å². The predicted molar refractivity (Wildman–Crippen MR) is 98.8 cm³/mol. The van der Waals surface area contributed by atoms with E-state index in [-0.39, 0.29) is 17.4 Å². The molecule has 0 saturated carbocycles. The monoisotopic (exact) mass is 375 g/mol. The molecule has 0 atom stereocenters. The third-order valence-electron chi connectivity index (χ3n) is 3.43. The van der Waals surface area contributed by atoms with Gasteiger partial charge in [0, 0.05) is 6.08 Å². The van der Waals surface area contributed by atoms with Crippen LogP contribution in [0.2, 0.25) is 0 Å². The summed E-state index contributed by atoms with van der Waals surface area (Å²) in [5.41, 5.74) is 1.88. The molecule has 0 bridgehead atoms. The van der Waals surface area contributed by atoms with Crippen molar-refractivity contribution in [3.8, 4) is 5.75 Å². The summed E-state index contributed by atoms with van der Waals surface area (Å²) in [5.74, 6) is -0.174. The lowest BCUT2D eigenvalue weighted by molar-refractivity contribution is -0.129. The second-order valence-corrected chi connectivity index (χ2v) is 5.30. The molecule has 0 unspecified atom stereocenters. The van der Waals surface area contributed by atoms with Crippen LogP contribution in [0.25, 0.3) is 0 Å². The van der Waals surface area contributed by atoms with Gasteiger partial charge in [-0.1, -0.05) is 22.4 Å². The van der Waals surface area contributed by atoms with Gasteiger partial charge in [0.25, 0.3) is 5.90 Å². The Balaban J connectivity index is 2.30. The minimum absolute atomic E-state index is 0.140. The fraction of sp³-hybridized carbons (Fsp3) is 0.333. The Labute approximate surface area is 156 Å². The van der Waals surface area contributed by atoms with Crippen molar-refractivity contribution < 1.29 is 28.8 Å². The van der Waals surface area contributed by atoms with E-state index in [4.69, 9.17) is 24.0 Å². The summed E-state index contributed by atoms with van der Waals surface area (Å²) in [7, 11) is 2.82. The molecule has 0 fully saturated rings. The van der Waals surface area contributed by atoms with Crippen LogP contribution in [0.3, 0.4) is 0 Å². The van der Waals surface area contributed by atoms with Crippen molar-refractivity contribution in [2.75, 3.05) is 27.4 Å². The zero-order chi connectivity index (χ0) is 19.6. The van der Waals surface area contributed by atoms with Crippen LogP contribution >= 0.6 is 0 Å². The molecule has 9 heteroatoms. The molecule has 1 heterocycles. The van der Waals surface area contributed by atoms with Crippen molar-refractivity contribution in [3.05, 3.63) is 41.5 Å². The summed E-state index contributed by atoms with van der Waals surface area (Å²) in [4.78, 5) is 26.9. The van der Waals surface area contributed by atoms with Crippen molar-refractivity contribution >= 4 is 23.3 Å². The van der Waals surface area contributed by atoms with Gasteiger partial charge in [0.1, 0.15) is 26.6 Å². The van der Waals surface area contributed by atoms with Gasteiger partial charge in [-0.05, 0) is 36.7 Å². The van der Waals surface area contributed by atoms with Crippen molar-refractivity contribution in [2.24, 2.45) is 15.5 Å². The molecule has 0 N–H and O–H groups in total. The number of carbonyl (C=O) groups is 1. The number of nitrogens with zero attached hydrogens (tertiary/aromatic N) is 3. The van der Waals surface area contributed by atoms with Gasteiger partial charge in [-0.3, -0.25) is 0 Å². The molecular formula is C18H21N3O6. The molecule has 0 amide bonds. The molecular weight excluding hydrogens is 354 g/mol. The molecule has 2 rings (SSSR count). The average molecular weight is 375 g/mol. The molecule has 0 aromatic heterocycles. The normalized spacial score (nSPS) is 15.3. The lowest BCUT2D eigenvalue weighted by Crippen LogP contribution is -2.26. The van der Waals surface area contributed by atoms with Gasteiger partial charge in [0.2, 0.25) is 0 Å². The SMILES string of the molecule is CO/N=C(C)/C(C)=C/C(=O)Oc1ccccc1/C(=N\OC)C1=NOCCO1. The molecule has 1 aromatic carbocycles. The maximum Gasteiger partial charge on any atom is 0.336 e. The van der Waals surface area contributed by atoms with Gasteiger partial charge in [0.15, 0.2) is 12.3 Å². The van der Waals surface area contributed by atoms with E-state index in [0.717, 1.165) is 0 Å². The van der Waals surface area contributed by atoms with E-state index in [0.29, 0.717) is 30.1 Å². The number of carbonyl (C=O) groups excluding carboxylic acids is 1. The molecule has 0 saturated heterocycles. The molecule has 1 aromatic rings. The zero-order valence-corrected chi connectivity index (χ0v) is 15.6. The highest BCUT2D eigenvalue weighted by molar-refractivity contribution is 6.45. The van der Waals surface area contributed by atoms with Crippen LogP contribution < -0.4 is 4.74 Å². The van der Waals surface area contributed by atoms with Crippen molar-refractivity contribution in [1.29, 1.82) is 0 Å². The van der Waals surface area contributed by atoms with E-state index < -0.39 is 5.97 Å². The maximum atomic E-state index is 12.3. The van der Waals surface area contributed by atoms with Crippen molar-refractivity contribution in [1.82, 2.24) is 0 Å². The highest BCUT2D eigenvalue weighted by Crippen LogP contribution is 2.21. The number of allylic oxidation sites excluding steroid dienone is 1. The minimum atomic E-state index is -0.579. The third-order valence-corrected chi connectivity index (χ3v) is 3.43. The number of hydrogen-bond acceptors (Lipinski definition) is 9. The maximum absolute atomic E-state index is 12.3. The first-order valence-corrected chi connectivity index (χ1v) is 8.08. The molecule has 27 heavy (non-hydrogen) atoms. The number of benzene rings is 1. The first kappa shape index (κ1) is 20.0. The molecule has 0 spiro atoms. The van der Waals surface area contributed by atoms with E-state index in [1.54, 1.807) is 38.1 Å². The van der Waals surface area contributed by atoms with Gasteiger partial charge >= 0.3 is 5.97 Å². The van der Waals surface area contributed by atoms with Crippen molar-refractivity contribution in [3.63, 3.8) is 0 Å². The fourth-order valence-electron chi connectivity index (χ4n) is 2.09. The lowest BCUT2D eigenvalue weighted by Gasteiger charge is -2.16. The lowest BCUT2D eigenvalue weighted by atomic mass is 10.1. The summed E-state index contributed by atoms with van der Waals surface area (Å²) in [6, 6.07) is 6.82. The average Bonchev–Trinajstić information content (AvgIpc) is 2.67. The molecule has 144 valence electrons. The van der Waals surface area contributed by atoms with Crippen LogP contribution in [-0.4, -0.2) is 50.7 Å². The zero-order valence-electron chi connectivity index (χ0n) is 15.6. The van der Waals surface area contributed by atoms with Gasteiger partial charge < -0.3 is 24.0 Å². The Morgan fingerprint density at radius 1 is 1.15 bits per heavy atom. The quantitative estimate of drug-likeness (QED) is 0.238. The number of oxime groups is 3. The summed E-state index contributed by atoms with van der Waals surface area (Å²) >= 11 is 0. The van der Waals surface area contributed by atoms with Gasteiger partial charge in [-0.2, -0.15) is 0 Å². The van der Waals surface area contributed by atoms with Gasteiger partial charge in [-0.15, -0.1) is 0 Å². The smallest absolute Gasteiger partial charge is 0.336 e. The standard InChI is InChI=1S/C18H21N3O6/c1-12(13(2)19-23-3)11-16(22)27-15-8-6-5-7-14(15)17(20-24-4)18-21-26-10-9-25-18/h5-8,11H,9-10H2,1-4H3/b12-11+,19-13+,20-17+. The second-order valence-electron chi connectivity index (χ2n) is 5.30. The largest absolute Gasteiger partial charge is 0.470 e. The molecule has 0 aliphatic carbocycles. The summed E-state index contributed by atoms with van der Waals surface area (Å²) in [6.07, 6.45) is 1.32. The Morgan fingerprint density at radius 3 is 2.56 bits per heavy atom. The van der Waals surface area contributed by atoms with E-state index in [9.17, 15) is 4.79 Å². The van der Waals surface area contributed by atoms with Gasteiger partial charge in [-0.25, -0.2) is 4.79 Å². The van der Waals surface area contributed by atoms with Crippen molar-refractivity contribution in [2.45, 2.75) is 13.8 Å². The van der Waals surface area contributed by atoms with E-state index in [2.05, 4.69) is 15.5 Å². The molecule has 1 aliphatic rings. The fourth-order valence-corrected chi connectivity index (χ4v) is 2.09.